The van der Waals surface area contributed by atoms with Gasteiger partial charge in [0.15, 0.2) is 0 Å². The summed E-state index contributed by atoms with van der Waals surface area (Å²) in [6, 6.07) is 0. The molecule has 0 aromatic rings. The van der Waals surface area contributed by atoms with E-state index in [0.717, 1.165) is 25.7 Å². The van der Waals surface area contributed by atoms with Crippen molar-refractivity contribution in [1.29, 1.82) is 0 Å². The molecule has 4 heteroatoms. The number of hydrogen-bond acceptors (Lipinski definition) is 3. The van der Waals surface area contributed by atoms with Gasteiger partial charge in [-0.2, -0.15) is 5.06 Å². The van der Waals surface area contributed by atoms with Crippen molar-refractivity contribution in [2.24, 2.45) is 0 Å². The smallest absolute Gasteiger partial charge is 0.434 e. The van der Waals surface area contributed by atoms with Gasteiger partial charge in [-0.1, -0.05) is 32.4 Å². The molecule has 0 saturated heterocycles. The van der Waals surface area contributed by atoms with E-state index in [1.165, 1.54) is 10.6 Å². The quantitative estimate of drug-likeness (QED) is 0.479. The Balaban J connectivity index is 4.34. The Hall–Kier alpha value is -1.03. The van der Waals surface area contributed by atoms with Crippen molar-refractivity contribution in [3.8, 4) is 0 Å². The zero-order chi connectivity index (χ0) is 15.6. The summed E-state index contributed by atoms with van der Waals surface area (Å²) < 4.78 is 5.33. The van der Waals surface area contributed by atoms with Gasteiger partial charge in [-0.25, -0.2) is 4.79 Å². The zero-order valence-corrected chi connectivity index (χ0v) is 14.0. The van der Waals surface area contributed by atoms with Gasteiger partial charge in [0, 0.05) is 0 Å². The van der Waals surface area contributed by atoms with Crippen LogP contribution in [0.5, 0.6) is 0 Å². The van der Waals surface area contributed by atoms with E-state index < -0.39 is 11.7 Å². The van der Waals surface area contributed by atoms with Gasteiger partial charge < -0.3 is 4.74 Å². The van der Waals surface area contributed by atoms with Crippen LogP contribution in [0, 0.1) is 0 Å². The number of carbonyl (C=O) groups excluding carboxylic acids is 1. The molecule has 1 amide bonds. The first kappa shape index (κ1) is 19.0. The second-order valence-electron chi connectivity index (χ2n) is 5.79. The Kier molecular flexibility index (Phi) is 9.30. The van der Waals surface area contributed by atoms with E-state index in [1.807, 2.05) is 27.7 Å². The Bertz CT molecular complexity index is 305. The average Bonchev–Trinajstić information content (AvgIpc) is 2.34. The van der Waals surface area contributed by atoms with Crippen molar-refractivity contribution in [3.05, 3.63) is 11.6 Å². The first-order valence-electron chi connectivity index (χ1n) is 7.65. The number of hydroxylamine groups is 2. The predicted octanol–water partition coefficient (Wildman–Crippen LogP) is 4.70. The Labute approximate surface area is 124 Å². The topological polar surface area (TPSA) is 38.8 Å². The Morgan fingerprint density at radius 3 is 2.30 bits per heavy atom. The van der Waals surface area contributed by atoms with Crippen LogP contribution in [0.4, 0.5) is 4.79 Å². The van der Waals surface area contributed by atoms with Gasteiger partial charge in [0.1, 0.15) is 5.60 Å². The molecule has 0 aliphatic rings. The lowest BCUT2D eigenvalue weighted by atomic mass is 10.1. The molecule has 0 spiro atoms. The number of carbonyl (C=O) groups is 1. The molecule has 0 aliphatic heterocycles. The summed E-state index contributed by atoms with van der Waals surface area (Å²) in [5.74, 6) is 0. The molecule has 0 aromatic carbocycles. The maximum Gasteiger partial charge on any atom is 0.434 e. The summed E-state index contributed by atoms with van der Waals surface area (Å²) in [4.78, 5) is 17.6. The molecular formula is C16H31NO3. The van der Waals surface area contributed by atoms with E-state index in [1.54, 1.807) is 0 Å². The average molecular weight is 285 g/mol. The van der Waals surface area contributed by atoms with E-state index in [4.69, 9.17) is 9.57 Å². The lowest BCUT2D eigenvalue weighted by molar-refractivity contribution is -0.146. The molecule has 118 valence electrons. The third kappa shape index (κ3) is 8.97. The second-order valence-corrected chi connectivity index (χ2v) is 5.79. The van der Waals surface area contributed by atoms with Gasteiger partial charge in [0.25, 0.3) is 0 Å². The van der Waals surface area contributed by atoms with Gasteiger partial charge in [-0.05, 0) is 46.5 Å². The van der Waals surface area contributed by atoms with Crippen LogP contribution in [0.15, 0.2) is 11.6 Å². The highest BCUT2D eigenvalue weighted by Crippen LogP contribution is 2.12. The lowest BCUT2D eigenvalue weighted by Crippen LogP contribution is -2.37. The van der Waals surface area contributed by atoms with E-state index in [-0.39, 0.29) is 0 Å². The van der Waals surface area contributed by atoms with Crippen LogP contribution in [0.2, 0.25) is 0 Å². The molecule has 0 N–H and O–H groups in total. The highest BCUT2D eigenvalue weighted by Gasteiger charge is 2.22. The number of ether oxygens (including phenoxy) is 1. The molecular weight excluding hydrogens is 254 g/mol. The van der Waals surface area contributed by atoms with Crippen molar-refractivity contribution < 1.29 is 14.4 Å². The molecule has 0 bridgehead atoms. The normalized spacial score (nSPS) is 12.4. The molecule has 0 aromatic heterocycles. The molecule has 0 fully saturated rings. The number of hydrogen-bond donors (Lipinski definition) is 0. The van der Waals surface area contributed by atoms with Crippen LogP contribution >= 0.6 is 0 Å². The Morgan fingerprint density at radius 1 is 1.20 bits per heavy atom. The van der Waals surface area contributed by atoms with Crippen LogP contribution in [-0.4, -0.2) is 29.9 Å². The lowest BCUT2D eigenvalue weighted by Gasteiger charge is -2.26. The van der Waals surface area contributed by atoms with Gasteiger partial charge in [0.2, 0.25) is 0 Å². The summed E-state index contributed by atoms with van der Waals surface area (Å²) in [6.45, 7) is 12.9. The predicted molar refractivity (Wildman–Crippen MR) is 82.5 cm³/mol. The van der Waals surface area contributed by atoms with Crippen LogP contribution in [0.25, 0.3) is 0 Å². The second kappa shape index (κ2) is 9.81. The molecule has 4 nitrogen and oxygen atoms in total. The molecule has 0 saturated carbocycles. The summed E-state index contributed by atoms with van der Waals surface area (Å²) in [5, 5.41) is 1.34. The van der Waals surface area contributed by atoms with Crippen molar-refractivity contribution >= 4 is 6.09 Å². The fraction of sp³-hybridized carbons (Fsp3) is 0.812. The third-order valence-corrected chi connectivity index (χ3v) is 2.64. The van der Waals surface area contributed by atoms with E-state index >= 15 is 0 Å². The van der Waals surface area contributed by atoms with Crippen molar-refractivity contribution in [3.63, 3.8) is 0 Å². The minimum Gasteiger partial charge on any atom is -0.442 e. The van der Waals surface area contributed by atoms with Crippen molar-refractivity contribution in [2.45, 2.75) is 72.8 Å². The van der Waals surface area contributed by atoms with Gasteiger partial charge in [0.05, 0.1) is 13.2 Å². The molecule has 0 radical (unpaired) electrons. The number of rotatable bonds is 8. The zero-order valence-electron chi connectivity index (χ0n) is 14.0. The van der Waals surface area contributed by atoms with Crippen LogP contribution in [0.3, 0.4) is 0 Å². The van der Waals surface area contributed by atoms with Crippen LogP contribution in [-0.2, 0) is 9.57 Å². The van der Waals surface area contributed by atoms with Crippen LogP contribution < -0.4 is 0 Å². The summed E-state index contributed by atoms with van der Waals surface area (Å²) in [7, 11) is 0. The first-order valence-corrected chi connectivity index (χ1v) is 7.65. The third-order valence-electron chi connectivity index (χ3n) is 2.64. The minimum absolute atomic E-state index is 0.406. The standard InChI is InChI=1S/C16H31NO3/c1-7-10-14(9-3)11-13-19-17(12-8-2)15(18)20-16(4,5)6/h10H,7-9,11-13H2,1-6H3/b14-10+. The number of allylic oxidation sites excluding steroid dienone is 1. The summed E-state index contributed by atoms with van der Waals surface area (Å²) in [6.07, 6.45) is 5.57. The van der Waals surface area contributed by atoms with Gasteiger partial charge in [-0.15, -0.1) is 0 Å². The van der Waals surface area contributed by atoms with Gasteiger partial charge in [-0.3, -0.25) is 4.84 Å². The molecule has 0 rings (SSSR count). The highest BCUT2D eigenvalue weighted by atomic mass is 16.7. The highest BCUT2D eigenvalue weighted by molar-refractivity contribution is 5.66. The fourth-order valence-corrected chi connectivity index (χ4v) is 1.72. The fourth-order valence-electron chi connectivity index (χ4n) is 1.72. The molecule has 0 heterocycles. The largest absolute Gasteiger partial charge is 0.442 e. The van der Waals surface area contributed by atoms with Crippen molar-refractivity contribution in [1.82, 2.24) is 5.06 Å². The molecule has 0 atom stereocenters. The van der Waals surface area contributed by atoms with E-state index in [0.29, 0.717) is 13.2 Å². The molecule has 20 heavy (non-hydrogen) atoms. The Morgan fingerprint density at radius 2 is 1.85 bits per heavy atom. The number of nitrogens with zero attached hydrogens (tertiary/aromatic N) is 1. The van der Waals surface area contributed by atoms with Crippen LogP contribution in [0.1, 0.15) is 67.2 Å². The summed E-state index contributed by atoms with van der Waals surface area (Å²) >= 11 is 0. The van der Waals surface area contributed by atoms with E-state index in [2.05, 4.69) is 19.9 Å². The summed E-state index contributed by atoms with van der Waals surface area (Å²) in [5.41, 5.74) is 0.872. The monoisotopic (exact) mass is 285 g/mol. The van der Waals surface area contributed by atoms with E-state index in [9.17, 15) is 4.79 Å². The molecule has 0 aliphatic carbocycles. The molecule has 0 unspecified atom stereocenters. The van der Waals surface area contributed by atoms with Gasteiger partial charge >= 0.3 is 6.09 Å². The minimum atomic E-state index is -0.497. The van der Waals surface area contributed by atoms with Crippen molar-refractivity contribution in [2.75, 3.05) is 13.2 Å². The first-order chi connectivity index (χ1) is 9.34. The number of amides is 1. The SMILES string of the molecule is CC/C=C(\CC)CCON(CCC)C(=O)OC(C)(C)C. The maximum atomic E-state index is 12.0. The maximum absolute atomic E-state index is 12.0.